The highest BCUT2D eigenvalue weighted by molar-refractivity contribution is 5.74. The molecule has 0 fully saturated rings. The lowest BCUT2D eigenvalue weighted by Gasteiger charge is -2.07. The molecular weight excluding hydrogens is 260 g/mol. The van der Waals surface area contributed by atoms with Crippen LogP contribution < -0.4 is 14.8 Å². The number of anilines is 1. The predicted molar refractivity (Wildman–Crippen MR) is 72.4 cm³/mol. The zero-order valence-corrected chi connectivity index (χ0v) is 11.2. The molecule has 0 aliphatic carbocycles. The molecule has 0 aliphatic heterocycles. The van der Waals surface area contributed by atoms with Gasteiger partial charge in [-0.15, -0.1) is 4.98 Å². The van der Waals surface area contributed by atoms with E-state index in [-0.39, 0.29) is 12.0 Å². The lowest BCUT2D eigenvalue weighted by Crippen LogP contribution is -2.06. The van der Waals surface area contributed by atoms with E-state index < -0.39 is 0 Å². The summed E-state index contributed by atoms with van der Waals surface area (Å²) in [6, 6.07) is 6.89. The first-order valence-electron chi connectivity index (χ1n) is 6.02. The van der Waals surface area contributed by atoms with E-state index in [2.05, 4.69) is 20.3 Å². The fraction of sp³-hybridized carbons (Fsp3) is 0.231. The van der Waals surface area contributed by atoms with Gasteiger partial charge < -0.3 is 14.8 Å². The monoisotopic (exact) mass is 274 g/mol. The number of nitrogens with zero attached hydrogens (tertiary/aromatic N) is 3. The first-order chi connectivity index (χ1) is 9.75. The third kappa shape index (κ3) is 3.41. The van der Waals surface area contributed by atoms with Crippen LogP contribution in [0.15, 0.2) is 24.3 Å². The minimum Gasteiger partial charge on any atom is -0.467 e. The van der Waals surface area contributed by atoms with Crippen molar-refractivity contribution in [1.29, 1.82) is 0 Å². The molecule has 0 amide bonds. The standard InChI is InChI=1S/C13H14N4O3/c1-3-14-11-15-12(19-2)17-13(16-11)20-10-6-4-9(8-18)5-7-10/h4-8H,3H2,1-2H3,(H,14,15,16,17). The molecule has 1 aromatic heterocycles. The zero-order chi connectivity index (χ0) is 14.4. The van der Waals surface area contributed by atoms with E-state index in [0.717, 1.165) is 6.29 Å². The molecule has 0 unspecified atom stereocenters. The number of carbonyl (C=O) groups is 1. The van der Waals surface area contributed by atoms with Crippen molar-refractivity contribution < 1.29 is 14.3 Å². The lowest BCUT2D eigenvalue weighted by molar-refractivity contribution is 0.112. The second-order valence-corrected chi connectivity index (χ2v) is 3.75. The Balaban J connectivity index is 2.22. The maximum atomic E-state index is 10.6. The van der Waals surface area contributed by atoms with Crippen molar-refractivity contribution in [3.05, 3.63) is 29.8 Å². The molecule has 1 N–H and O–H groups in total. The smallest absolute Gasteiger partial charge is 0.330 e. The number of methoxy groups -OCH3 is 1. The summed E-state index contributed by atoms with van der Waals surface area (Å²) < 4.78 is 10.5. The second kappa shape index (κ2) is 6.46. The van der Waals surface area contributed by atoms with Crippen LogP contribution >= 0.6 is 0 Å². The van der Waals surface area contributed by atoms with Crippen molar-refractivity contribution in [2.75, 3.05) is 19.0 Å². The first-order valence-corrected chi connectivity index (χ1v) is 6.02. The van der Waals surface area contributed by atoms with Crippen LogP contribution in [-0.2, 0) is 0 Å². The summed E-state index contributed by atoms with van der Waals surface area (Å²) in [5, 5.41) is 2.96. The Morgan fingerprint density at radius 2 is 1.85 bits per heavy atom. The van der Waals surface area contributed by atoms with Gasteiger partial charge in [0.2, 0.25) is 5.95 Å². The quantitative estimate of drug-likeness (QED) is 0.805. The Hall–Kier alpha value is -2.70. The number of aldehydes is 1. The van der Waals surface area contributed by atoms with Gasteiger partial charge in [0.15, 0.2) is 0 Å². The Morgan fingerprint density at radius 1 is 1.15 bits per heavy atom. The molecule has 2 rings (SSSR count). The van der Waals surface area contributed by atoms with Crippen molar-refractivity contribution in [2.45, 2.75) is 6.92 Å². The molecule has 0 saturated carbocycles. The molecule has 1 heterocycles. The summed E-state index contributed by atoms with van der Waals surface area (Å²) >= 11 is 0. The zero-order valence-electron chi connectivity index (χ0n) is 11.2. The number of hydrogen-bond acceptors (Lipinski definition) is 7. The molecule has 0 bridgehead atoms. The van der Waals surface area contributed by atoms with Crippen LogP contribution in [0.2, 0.25) is 0 Å². The summed E-state index contributed by atoms with van der Waals surface area (Å²) in [7, 11) is 1.47. The Bertz CT molecular complexity index is 587. The Labute approximate surface area is 116 Å². The number of benzene rings is 1. The minimum atomic E-state index is 0.117. The summed E-state index contributed by atoms with van der Waals surface area (Å²) in [5.41, 5.74) is 0.568. The van der Waals surface area contributed by atoms with Gasteiger partial charge in [-0.3, -0.25) is 4.79 Å². The third-order valence-electron chi connectivity index (χ3n) is 2.34. The normalized spacial score (nSPS) is 9.90. The highest BCUT2D eigenvalue weighted by Gasteiger charge is 2.08. The van der Waals surface area contributed by atoms with Gasteiger partial charge in [0.1, 0.15) is 12.0 Å². The molecule has 2 aromatic rings. The van der Waals surface area contributed by atoms with Crippen molar-refractivity contribution in [3.63, 3.8) is 0 Å². The van der Waals surface area contributed by atoms with Crippen LogP contribution in [0.5, 0.6) is 17.8 Å². The van der Waals surface area contributed by atoms with Crippen LogP contribution in [0.1, 0.15) is 17.3 Å². The topological polar surface area (TPSA) is 86.2 Å². The van der Waals surface area contributed by atoms with Crippen molar-refractivity contribution in [1.82, 2.24) is 15.0 Å². The van der Waals surface area contributed by atoms with Gasteiger partial charge >= 0.3 is 12.0 Å². The number of ether oxygens (including phenoxy) is 2. The highest BCUT2D eigenvalue weighted by atomic mass is 16.5. The SMILES string of the molecule is CCNc1nc(OC)nc(Oc2ccc(C=O)cc2)n1. The van der Waals surface area contributed by atoms with E-state index in [9.17, 15) is 4.79 Å². The Morgan fingerprint density at radius 3 is 2.45 bits per heavy atom. The molecular formula is C13H14N4O3. The van der Waals surface area contributed by atoms with Crippen LogP contribution in [0.3, 0.4) is 0 Å². The van der Waals surface area contributed by atoms with Crippen LogP contribution in [-0.4, -0.2) is 34.9 Å². The number of carbonyl (C=O) groups excluding carboxylic acids is 1. The molecule has 7 heteroatoms. The van der Waals surface area contributed by atoms with Crippen molar-refractivity contribution >= 4 is 12.2 Å². The largest absolute Gasteiger partial charge is 0.467 e. The maximum Gasteiger partial charge on any atom is 0.330 e. The van der Waals surface area contributed by atoms with Crippen LogP contribution in [0.25, 0.3) is 0 Å². The summed E-state index contributed by atoms with van der Waals surface area (Å²) in [6.07, 6.45) is 0.763. The summed E-state index contributed by atoms with van der Waals surface area (Å²) in [4.78, 5) is 22.7. The fourth-order valence-electron chi connectivity index (χ4n) is 1.43. The van der Waals surface area contributed by atoms with Crippen molar-refractivity contribution in [3.8, 4) is 17.8 Å². The van der Waals surface area contributed by atoms with E-state index in [1.165, 1.54) is 7.11 Å². The molecule has 0 aliphatic rings. The number of hydrogen-bond donors (Lipinski definition) is 1. The lowest BCUT2D eigenvalue weighted by atomic mass is 10.2. The second-order valence-electron chi connectivity index (χ2n) is 3.75. The maximum absolute atomic E-state index is 10.6. The van der Waals surface area contributed by atoms with Gasteiger partial charge in [0.25, 0.3) is 0 Å². The third-order valence-corrected chi connectivity index (χ3v) is 2.34. The van der Waals surface area contributed by atoms with E-state index in [1.807, 2.05) is 6.92 Å². The van der Waals surface area contributed by atoms with Gasteiger partial charge in [0, 0.05) is 12.1 Å². The van der Waals surface area contributed by atoms with Gasteiger partial charge in [0.05, 0.1) is 7.11 Å². The number of nitrogens with one attached hydrogen (secondary N) is 1. The molecule has 0 spiro atoms. The molecule has 20 heavy (non-hydrogen) atoms. The van der Waals surface area contributed by atoms with E-state index in [4.69, 9.17) is 9.47 Å². The molecule has 104 valence electrons. The summed E-state index contributed by atoms with van der Waals surface area (Å²) in [6.45, 7) is 2.59. The number of rotatable bonds is 6. The molecule has 1 aromatic carbocycles. The van der Waals surface area contributed by atoms with E-state index in [0.29, 0.717) is 23.8 Å². The summed E-state index contributed by atoms with van der Waals surface area (Å²) in [5.74, 6) is 0.894. The van der Waals surface area contributed by atoms with Crippen molar-refractivity contribution in [2.24, 2.45) is 0 Å². The van der Waals surface area contributed by atoms with Gasteiger partial charge in [-0.25, -0.2) is 0 Å². The van der Waals surface area contributed by atoms with Gasteiger partial charge in [-0.05, 0) is 31.2 Å². The Kier molecular flexibility index (Phi) is 4.43. The number of aromatic nitrogens is 3. The molecule has 7 nitrogen and oxygen atoms in total. The van der Waals surface area contributed by atoms with Crippen LogP contribution in [0.4, 0.5) is 5.95 Å². The van der Waals surface area contributed by atoms with E-state index >= 15 is 0 Å². The fourth-order valence-corrected chi connectivity index (χ4v) is 1.43. The van der Waals surface area contributed by atoms with E-state index in [1.54, 1.807) is 24.3 Å². The predicted octanol–water partition coefficient (Wildman–Crippen LogP) is 1.92. The molecule has 0 atom stereocenters. The van der Waals surface area contributed by atoms with Gasteiger partial charge in [-0.1, -0.05) is 0 Å². The average Bonchev–Trinajstić information content (AvgIpc) is 2.48. The highest BCUT2D eigenvalue weighted by Crippen LogP contribution is 2.20. The minimum absolute atomic E-state index is 0.117. The van der Waals surface area contributed by atoms with Crippen LogP contribution in [0, 0.1) is 0 Å². The van der Waals surface area contributed by atoms with Gasteiger partial charge in [-0.2, -0.15) is 9.97 Å². The average molecular weight is 274 g/mol. The first kappa shape index (κ1) is 13.7. The molecule has 0 saturated heterocycles. The molecule has 0 radical (unpaired) electrons.